The van der Waals surface area contributed by atoms with E-state index in [0.717, 1.165) is 36.8 Å². The van der Waals surface area contributed by atoms with Gasteiger partial charge in [-0.2, -0.15) is 0 Å². The zero-order valence-electron chi connectivity index (χ0n) is 10.7. The Morgan fingerprint density at radius 1 is 1.39 bits per heavy atom. The second-order valence-corrected chi connectivity index (χ2v) is 3.90. The fourth-order valence-electron chi connectivity index (χ4n) is 1.79. The van der Waals surface area contributed by atoms with Crippen LogP contribution in [0.25, 0.3) is 5.65 Å². The van der Waals surface area contributed by atoms with E-state index in [4.69, 9.17) is 0 Å². The highest BCUT2D eigenvalue weighted by atomic mass is 15.2. The molecular formula is C12H18N6. The highest BCUT2D eigenvalue weighted by Crippen LogP contribution is 2.04. The fraction of sp³-hybridized carbons (Fsp3) is 0.417. The second kappa shape index (κ2) is 6.00. The summed E-state index contributed by atoms with van der Waals surface area (Å²) < 4.78 is 2.02. The summed E-state index contributed by atoms with van der Waals surface area (Å²) in [6.07, 6.45) is 3.86. The minimum atomic E-state index is 0.807. The van der Waals surface area contributed by atoms with Crippen LogP contribution in [0.4, 0.5) is 0 Å². The molecule has 96 valence electrons. The van der Waals surface area contributed by atoms with E-state index in [0.29, 0.717) is 0 Å². The summed E-state index contributed by atoms with van der Waals surface area (Å²) in [5.74, 6) is 1.80. The smallest absolute Gasteiger partial charge is 0.190 e. The highest BCUT2D eigenvalue weighted by Gasteiger charge is 2.03. The topological polar surface area (TPSA) is 66.6 Å². The van der Waals surface area contributed by atoms with Gasteiger partial charge >= 0.3 is 0 Å². The molecule has 0 aliphatic heterocycles. The van der Waals surface area contributed by atoms with Crippen molar-refractivity contribution in [2.24, 2.45) is 4.99 Å². The summed E-state index contributed by atoms with van der Waals surface area (Å²) in [4.78, 5) is 4.05. The lowest BCUT2D eigenvalue weighted by Crippen LogP contribution is -2.35. The van der Waals surface area contributed by atoms with Crippen molar-refractivity contribution in [2.75, 3.05) is 20.6 Å². The number of aliphatic imine (C=N–C) groups is 1. The van der Waals surface area contributed by atoms with E-state index in [9.17, 15) is 0 Å². The number of nitrogens with zero attached hydrogens (tertiary/aromatic N) is 4. The quantitative estimate of drug-likeness (QED) is 0.467. The summed E-state index contributed by atoms with van der Waals surface area (Å²) in [5.41, 5.74) is 0.895. The number of aromatic nitrogens is 3. The Labute approximate surface area is 106 Å². The lowest BCUT2D eigenvalue weighted by atomic mass is 10.3. The van der Waals surface area contributed by atoms with Crippen molar-refractivity contribution < 1.29 is 0 Å². The lowest BCUT2D eigenvalue weighted by molar-refractivity contribution is 0.723. The molecule has 2 aromatic heterocycles. The first-order valence-corrected chi connectivity index (χ1v) is 6.02. The molecule has 0 aliphatic carbocycles. The van der Waals surface area contributed by atoms with E-state index in [1.165, 1.54) is 0 Å². The molecule has 18 heavy (non-hydrogen) atoms. The molecule has 0 atom stereocenters. The van der Waals surface area contributed by atoms with Gasteiger partial charge in [0.15, 0.2) is 11.6 Å². The Morgan fingerprint density at radius 3 is 3.06 bits per heavy atom. The first-order chi connectivity index (χ1) is 8.85. The van der Waals surface area contributed by atoms with E-state index < -0.39 is 0 Å². The van der Waals surface area contributed by atoms with Crippen molar-refractivity contribution in [2.45, 2.75) is 12.8 Å². The van der Waals surface area contributed by atoms with E-state index in [-0.39, 0.29) is 0 Å². The molecule has 0 aliphatic rings. The number of fused-ring (bicyclic) bond motifs is 1. The molecule has 2 N–H and O–H groups in total. The summed E-state index contributed by atoms with van der Waals surface area (Å²) in [5, 5.41) is 14.5. The van der Waals surface area contributed by atoms with Gasteiger partial charge in [0, 0.05) is 33.3 Å². The van der Waals surface area contributed by atoms with E-state index in [1.54, 1.807) is 7.05 Å². The van der Waals surface area contributed by atoms with Crippen LogP contribution in [0, 0.1) is 0 Å². The number of guanidine groups is 1. The van der Waals surface area contributed by atoms with Gasteiger partial charge < -0.3 is 10.6 Å². The predicted molar refractivity (Wildman–Crippen MR) is 71.7 cm³/mol. The zero-order chi connectivity index (χ0) is 12.8. The summed E-state index contributed by atoms with van der Waals surface area (Å²) in [6, 6.07) is 5.91. The van der Waals surface area contributed by atoms with Crippen LogP contribution in [0.15, 0.2) is 29.4 Å². The van der Waals surface area contributed by atoms with Gasteiger partial charge in [0.2, 0.25) is 0 Å². The van der Waals surface area contributed by atoms with Crippen molar-refractivity contribution >= 4 is 11.6 Å². The normalized spacial score (nSPS) is 11.8. The minimum Gasteiger partial charge on any atom is -0.359 e. The number of hydrogen-bond acceptors (Lipinski definition) is 3. The summed E-state index contributed by atoms with van der Waals surface area (Å²) in [6.45, 7) is 0.856. The number of rotatable bonds is 4. The van der Waals surface area contributed by atoms with Crippen LogP contribution in [-0.2, 0) is 6.42 Å². The van der Waals surface area contributed by atoms with Crippen LogP contribution in [0.2, 0.25) is 0 Å². The van der Waals surface area contributed by atoms with E-state index in [1.807, 2.05) is 35.8 Å². The van der Waals surface area contributed by atoms with Crippen molar-refractivity contribution in [3.8, 4) is 0 Å². The molecule has 0 spiro atoms. The Morgan fingerprint density at radius 2 is 2.28 bits per heavy atom. The predicted octanol–water partition coefficient (Wildman–Crippen LogP) is 0.457. The van der Waals surface area contributed by atoms with Gasteiger partial charge in [0.25, 0.3) is 0 Å². The Kier molecular flexibility index (Phi) is 4.11. The third-order valence-electron chi connectivity index (χ3n) is 2.71. The first kappa shape index (κ1) is 12.3. The van der Waals surface area contributed by atoms with E-state index >= 15 is 0 Å². The molecule has 0 amide bonds. The van der Waals surface area contributed by atoms with Gasteiger partial charge in [0.1, 0.15) is 5.82 Å². The molecule has 0 saturated carbocycles. The monoisotopic (exact) mass is 246 g/mol. The third kappa shape index (κ3) is 2.77. The molecule has 0 fully saturated rings. The van der Waals surface area contributed by atoms with Crippen LogP contribution in [0.3, 0.4) is 0 Å². The standard InChI is InChI=1S/C12H18N6/c1-13-12(14-2)15-8-5-7-11-17-16-10-6-3-4-9-18(10)11/h3-4,6,9H,5,7-8H2,1-2H3,(H2,13,14,15). The largest absolute Gasteiger partial charge is 0.359 e. The molecule has 2 aromatic rings. The van der Waals surface area contributed by atoms with Crippen molar-refractivity contribution in [1.29, 1.82) is 0 Å². The molecular weight excluding hydrogens is 228 g/mol. The van der Waals surface area contributed by atoms with Gasteiger partial charge in [0.05, 0.1) is 0 Å². The molecule has 0 radical (unpaired) electrons. The average molecular weight is 246 g/mol. The van der Waals surface area contributed by atoms with Gasteiger partial charge in [-0.05, 0) is 18.6 Å². The minimum absolute atomic E-state index is 0.807. The number of pyridine rings is 1. The van der Waals surface area contributed by atoms with Gasteiger partial charge in [-0.15, -0.1) is 10.2 Å². The van der Waals surface area contributed by atoms with Crippen LogP contribution in [0.5, 0.6) is 0 Å². The first-order valence-electron chi connectivity index (χ1n) is 6.02. The molecule has 0 aromatic carbocycles. The summed E-state index contributed by atoms with van der Waals surface area (Å²) in [7, 11) is 3.60. The lowest BCUT2D eigenvalue weighted by Gasteiger charge is -2.07. The summed E-state index contributed by atoms with van der Waals surface area (Å²) >= 11 is 0. The zero-order valence-corrected chi connectivity index (χ0v) is 10.7. The fourth-order valence-corrected chi connectivity index (χ4v) is 1.79. The van der Waals surface area contributed by atoms with Crippen molar-refractivity contribution in [3.05, 3.63) is 30.2 Å². The highest BCUT2D eigenvalue weighted by molar-refractivity contribution is 5.79. The van der Waals surface area contributed by atoms with Crippen LogP contribution in [-0.4, -0.2) is 41.2 Å². The molecule has 0 bridgehead atoms. The van der Waals surface area contributed by atoms with E-state index in [2.05, 4.69) is 25.8 Å². The van der Waals surface area contributed by atoms with Crippen molar-refractivity contribution in [1.82, 2.24) is 25.2 Å². The number of hydrogen-bond donors (Lipinski definition) is 2. The number of aryl methyl sites for hydroxylation is 1. The number of nitrogens with one attached hydrogen (secondary N) is 2. The van der Waals surface area contributed by atoms with Gasteiger partial charge in [-0.1, -0.05) is 6.07 Å². The Bertz CT molecular complexity index is 530. The molecule has 2 rings (SSSR count). The maximum Gasteiger partial charge on any atom is 0.190 e. The van der Waals surface area contributed by atoms with Crippen LogP contribution in [0.1, 0.15) is 12.2 Å². The SMILES string of the molecule is CN=C(NC)NCCCc1nnc2ccccn12. The maximum absolute atomic E-state index is 4.19. The van der Waals surface area contributed by atoms with Gasteiger partial charge in [-0.25, -0.2) is 0 Å². The van der Waals surface area contributed by atoms with Gasteiger partial charge in [-0.3, -0.25) is 9.39 Å². The molecule has 2 heterocycles. The second-order valence-electron chi connectivity index (χ2n) is 3.90. The average Bonchev–Trinajstić information content (AvgIpc) is 2.82. The van der Waals surface area contributed by atoms with Crippen molar-refractivity contribution in [3.63, 3.8) is 0 Å². The Hall–Kier alpha value is -2.11. The Balaban J connectivity index is 1.87. The van der Waals surface area contributed by atoms with Crippen LogP contribution >= 0.6 is 0 Å². The van der Waals surface area contributed by atoms with Crippen LogP contribution < -0.4 is 10.6 Å². The molecule has 6 nitrogen and oxygen atoms in total. The maximum atomic E-state index is 4.19. The molecule has 0 unspecified atom stereocenters. The third-order valence-corrected chi connectivity index (χ3v) is 2.71. The molecule has 0 saturated heterocycles. The molecule has 6 heteroatoms.